The maximum absolute atomic E-state index is 12.0. The highest BCUT2D eigenvalue weighted by molar-refractivity contribution is 5.91. The minimum Gasteiger partial charge on any atom is -0.361 e. The zero-order valence-corrected chi connectivity index (χ0v) is 22.7. The lowest BCUT2D eigenvalue weighted by Gasteiger charge is -2.38. The Morgan fingerprint density at radius 3 is 2.45 bits per heavy atom. The highest BCUT2D eigenvalue weighted by atomic mass is 16.2. The number of nitrogens with two attached hydrogens (primary N) is 1. The number of rotatable bonds is 4. The van der Waals surface area contributed by atoms with Gasteiger partial charge in [-0.05, 0) is 49.1 Å². The van der Waals surface area contributed by atoms with E-state index in [0.29, 0.717) is 0 Å². The van der Waals surface area contributed by atoms with E-state index in [9.17, 15) is 4.79 Å². The quantitative estimate of drug-likeness (QED) is 0.343. The first-order valence-corrected chi connectivity index (χ1v) is 13.9. The van der Waals surface area contributed by atoms with Crippen LogP contribution in [0, 0.1) is 0 Å². The number of pyridine rings is 1. The molecule has 7 rings (SSSR count). The number of hydrogen-bond donors (Lipinski definition) is 2. The molecular weight excluding hydrogens is 496 g/mol. The van der Waals surface area contributed by atoms with E-state index in [1.165, 1.54) is 12.0 Å². The monoisotopic (exact) mass is 528 g/mol. The third-order valence-electron chi connectivity index (χ3n) is 8.65. The van der Waals surface area contributed by atoms with Crippen molar-refractivity contribution < 1.29 is 4.79 Å². The van der Waals surface area contributed by atoms with Crippen LogP contribution in [0.4, 0.5) is 11.5 Å². The van der Waals surface area contributed by atoms with Gasteiger partial charge in [-0.25, -0.2) is 9.97 Å². The molecule has 2 atom stereocenters. The number of carbonyl (C=O) groups excluding carboxylic acids is 1. The van der Waals surface area contributed by atoms with Gasteiger partial charge in [-0.15, -0.1) is 0 Å². The van der Waals surface area contributed by atoms with Crippen molar-refractivity contribution in [2.75, 3.05) is 17.3 Å². The molecule has 0 bridgehead atoms. The molecule has 1 saturated carbocycles. The maximum atomic E-state index is 12.0. The number of carbonyl (C=O) groups is 1. The largest absolute Gasteiger partial charge is 0.361 e. The Bertz CT molecular complexity index is 1660. The number of nitrogens with one attached hydrogen (secondary N) is 1. The van der Waals surface area contributed by atoms with E-state index in [0.717, 1.165) is 58.4 Å². The predicted molar refractivity (Wildman–Crippen MR) is 159 cm³/mol. The van der Waals surface area contributed by atoms with Crippen molar-refractivity contribution >= 4 is 17.4 Å². The van der Waals surface area contributed by atoms with Gasteiger partial charge in [0.15, 0.2) is 5.82 Å². The molecule has 40 heavy (non-hydrogen) atoms. The van der Waals surface area contributed by atoms with Crippen LogP contribution in [0.5, 0.6) is 0 Å². The summed E-state index contributed by atoms with van der Waals surface area (Å²) in [6.45, 7) is 1.57. The summed E-state index contributed by atoms with van der Waals surface area (Å²) in [4.78, 5) is 23.7. The van der Waals surface area contributed by atoms with Gasteiger partial charge in [-0.2, -0.15) is 0 Å². The Hall–Kier alpha value is -4.49. The fourth-order valence-corrected chi connectivity index (χ4v) is 6.04. The molecule has 200 valence electrons. The van der Waals surface area contributed by atoms with Gasteiger partial charge in [0.05, 0.1) is 29.0 Å². The third-order valence-corrected chi connectivity index (χ3v) is 8.65. The number of hydrogen-bond acceptors (Lipinski definition) is 5. The summed E-state index contributed by atoms with van der Waals surface area (Å²) in [5, 5.41) is 3.64. The van der Waals surface area contributed by atoms with Crippen molar-refractivity contribution in [2.24, 2.45) is 5.73 Å². The standard InChI is InChI=1S/C33H32N6O/c1-21(40)38(2)25-16-12-22(13-17-25)29-30(23-10-14-24(15-11-23)33(34)18-6-19-33)39-28-9-5-20-35-31(28)36-27-8-4-3-7-26(27)32(39)37-29/h3-5,7-17,20,26-27H,6,18-19,34H2,1-2H3,(H,35,36). The first-order valence-electron chi connectivity index (χ1n) is 13.9. The predicted octanol–water partition coefficient (Wildman–Crippen LogP) is 5.93. The van der Waals surface area contributed by atoms with Gasteiger partial charge in [0, 0.05) is 42.5 Å². The van der Waals surface area contributed by atoms with E-state index in [1.54, 1.807) is 18.9 Å². The number of allylic oxidation sites excluding steroid dienone is 2. The molecule has 2 aromatic heterocycles. The summed E-state index contributed by atoms with van der Waals surface area (Å²) < 4.78 is 2.27. The summed E-state index contributed by atoms with van der Waals surface area (Å²) in [5.74, 6) is 1.80. The van der Waals surface area contributed by atoms with Gasteiger partial charge >= 0.3 is 0 Å². The Labute approximate surface area is 234 Å². The van der Waals surface area contributed by atoms with Crippen LogP contribution in [-0.4, -0.2) is 33.5 Å². The smallest absolute Gasteiger partial charge is 0.223 e. The second-order valence-electron chi connectivity index (χ2n) is 11.1. The lowest BCUT2D eigenvalue weighted by atomic mass is 9.72. The van der Waals surface area contributed by atoms with Crippen molar-refractivity contribution in [2.45, 2.75) is 43.7 Å². The minimum atomic E-state index is -0.221. The Morgan fingerprint density at radius 1 is 1.02 bits per heavy atom. The lowest BCUT2D eigenvalue weighted by Crippen LogP contribution is -2.43. The van der Waals surface area contributed by atoms with E-state index in [-0.39, 0.29) is 23.4 Å². The molecule has 1 amide bonds. The molecule has 3 aliphatic rings. The molecule has 3 N–H and O–H groups in total. The fourth-order valence-electron chi connectivity index (χ4n) is 6.04. The van der Waals surface area contributed by atoms with Crippen LogP contribution >= 0.6 is 0 Å². The molecule has 1 aliphatic heterocycles. The average molecular weight is 529 g/mol. The SMILES string of the molecule is CC(=O)N(C)c1ccc(-c2nc3n(c2-c2ccc(C4(N)CCC4)cc2)-c2cccnc2NC2C=CC=CC32)cc1. The molecule has 0 spiro atoms. The number of anilines is 2. The number of nitrogens with zero attached hydrogens (tertiary/aromatic N) is 4. The molecule has 4 aromatic rings. The molecule has 2 unspecified atom stereocenters. The first kappa shape index (κ1) is 24.5. The summed E-state index contributed by atoms with van der Waals surface area (Å²) in [6.07, 6.45) is 13.6. The highest BCUT2D eigenvalue weighted by Gasteiger charge is 2.36. The van der Waals surface area contributed by atoms with Crippen LogP contribution in [-0.2, 0) is 10.3 Å². The van der Waals surface area contributed by atoms with Gasteiger partial charge in [-0.3, -0.25) is 9.36 Å². The molecule has 2 aromatic carbocycles. The minimum absolute atomic E-state index is 0.00818. The number of fused-ring (bicyclic) bond motifs is 5. The molecule has 0 radical (unpaired) electrons. The van der Waals surface area contributed by atoms with Gasteiger partial charge in [0.1, 0.15) is 5.82 Å². The van der Waals surface area contributed by atoms with E-state index in [2.05, 4.69) is 76.7 Å². The Balaban J connectivity index is 1.45. The fraction of sp³-hybridized carbons (Fsp3) is 0.242. The molecule has 3 heterocycles. The van der Waals surface area contributed by atoms with Crippen molar-refractivity contribution in [1.29, 1.82) is 0 Å². The Morgan fingerprint density at radius 2 is 1.75 bits per heavy atom. The Kier molecular flexibility index (Phi) is 5.71. The van der Waals surface area contributed by atoms with Crippen LogP contribution < -0.4 is 16.0 Å². The molecular formula is C33H32N6O. The van der Waals surface area contributed by atoms with Crippen LogP contribution in [0.2, 0.25) is 0 Å². The summed E-state index contributed by atoms with van der Waals surface area (Å²) in [5.41, 5.74) is 13.4. The van der Waals surface area contributed by atoms with Crippen LogP contribution in [0.15, 0.2) is 91.2 Å². The van der Waals surface area contributed by atoms with Crippen molar-refractivity contribution in [1.82, 2.24) is 14.5 Å². The van der Waals surface area contributed by atoms with E-state index in [1.807, 2.05) is 24.4 Å². The molecule has 7 nitrogen and oxygen atoms in total. The van der Waals surface area contributed by atoms with E-state index in [4.69, 9.17) is 15.7 Å². The van der Waals surface area contributed by atoms with Crippen LogP contribution in [0.25, 0.3) is 28.2 Å². The number of imidazole rings is 1. The van der Waals surface area contributed by atoms with Crippen LogP contribution in [0.1, 0.15) is 43.5 Å². The van der Waals surface area contributed by atoms with Gasteiger partial charge < -0.3 is 16.0 Å². The van der Waals surface area contributed by atoms with Gasteiger partial charge in [0.25, 0.3) is 0 Å². The van der Waals surface area contributed by atoms with E-state index >= 15 is 0 Å². The van der Waals surface area contributed by atoms with Crippen molar-refractivity contribution in [3.05, 3.63) is 103 Å². The number of benzene rings is 2. The summed E-state index contributed by atoms with van der Waals surface area (Å²) in [6, 6.07) is 20.9. The molecule has 2 aliphatic carbocycles. The first-order chi connectivity index (χ1) is 19.4. The molecule has 7 heteroatoms. The highest BCUT2D eigenvalue weighted by Crippen LogP contribution is 2.44. The van der Waals surface area contributed by atoms with Crippen molar-refractivity contribution in [3.63, 3.8) is 0 Å². The molecule has 1 fully saturated rings. The zero-order valence-electron chi connectivity index (χ0n) is 22.7. The third kappa shape index (κ3) is 3.88. The summed E-state index contributed by atoms with van der Waals surface area (Å²) in [7, 11) is 1.79. The number of aromatic nitrogens is 3. The molecule has 0 saturated heterocycles. The number of amides is 1. The van der Waals surface area contributed by atoms with Crippen molar-refractivity contribution in [3.8, 4) is 28.2 Å². The van der Waals surface area contributed by atoms with Crippen LogP contribution in [0.3, 0.4) is 0 Å². The topological polar surface area (TPSA) is 89.1 Å². The lowest BCUT2D eigenvalue weighted by molar-refractivity contribution is -0.116. The zero-order chi connectivity index (χ0) is 27.4. The van der Waals surface area contributed by atoms with Gasteiger partial charge in [-0.1, -0.05) is 60.7 Å². The second kappa shape index (κ2) is 9.31. The maximum Gasteiger partial charge on any atom is 0.223 e. The summed E-state index contributed by atoms with van der Waals surface area (Å²) >= 11 is 0. The second-order valence-corrected chi connectivity index (χ2v) is 11.1. The normalized spacial score (nSPS) is 19.9. The average Bonchev–Trinajstić information content (AvgIpc) is 3.30. The van der Waals surface area contributed by atoms with E-state index < -0.39 is 0 Å². The van der Waals surface area contributed by atoms with Gasteiger partial charge in [0.2, 0.25) is 5.91 Å².